The molecule has 29 heavy (non-hydrogen) atoms. The van der Waals surface area contributed by atoms with E-state index in [1.54, 1.807) is 0 Å². The van der Waals surface area contributed by atoms with Gasteiger partial charge in [0.05, 0.1) is 0 Å². The molecule has 0 saturated carbocycles. The monoisotopic (exact) mass is 384 g/mol. The molecule has 1 unspecified atom stereocenters. The molecule has 3 nitrogen and oxygen atoms in total. The lowest BCUT2D eigenvalue weighted by molar-refractivity contribution is 0.0953. The predicted octanol–water partition coefficient (Wildman–Crippen LogP) is 5.14. The summed E-state index contributed by atoms with van der Waals surface area (Å²) in [5.41, 5.74) is 5.93. The van der Waals surface area contributed by atoms with Crippen LogP contribution in [0.2, 0.25) is 0 Å². The van der Waals surface area contributed by atoms with E-state index in [1.807, 2.05) is 42.5 Å². The second-order valence-electron chi connectivity index (χ2n) is 7.65. The van der Waals surface area contributed by atoms with Crippen LogP contribution in [-0.2, 0) is 6.42 Å². The molecule has 1 aliphatic heterocycles. The molecule has 0 fully saturated rings. The zero-order valence-electron chi connectivity index (χ0n) is 16.7. The van der Waals surface area contributed by atoms with E-state index in [9.17, 15) is 4.79 Å². The normalized spacial score (nSPS) is 15.5. The summed E-state index contributed by atoms with van der Waals surface area (Å²) in [5.74, 6) is 0.00532. The molecule has 1 atom stereocenters. The standard InChI is InChI=1S/C26H28N2O/c29-26(23-15-13-21(14-16-23)20-8-2-1-3-9-20)28-18-7-6-12-25-24-11-5-4-10-22(24)17-19-27-25/h1-5,8-11,13-16,25,27H,6-7,12,17-19H2,(H,28,29). The van der Waals surface area contributed by atoms with Gasteiger partial charge in [-0.15, -0.1) is 0 Å². The number of nitrogens with one attached hydrogen (secondary N) is 2. The van der Waals surface area contributed by atoms with E-state index in [4.69, 9.17) is 0 Å². The topological polar surface area (TPSA) is 41.1 Å². The predicted molar refractivity (Wildman–Crippen MR) is 119 cm³/mol. The zero-order valence-corrected chi connectivity index (χ0v) is 16.7. The van der Waals surface area contributed by atoms with Crippen LogP contribution in [0.1, 0.15) is 46.8 Å². The number of rotatable bonds is 7. The molecule has 3 heteroatoms. The Balaban J connectivity index is 1.22. The fourth-order valence-corrected chi connectivity index (χ4v) is 4.07. The zero-order chi connectivity index (χ0) is 19.9. The van der Waals surface area contributed by atoms with Gasteiger partial charge >= 0.3 is 0 Å². The Labute approximate surface area is 173 Å². The van der Waals surface area contributed by atoms with Crippen LogP contribution < -0.4 is 10.6 Å². The van der Waals surface area contributed by atoms with Gasteiger partial charge in [0.15, 0.2) is 0 Å². The fraction of sp³-hybridized carbons (Fsp3) is 0.269. The molecule has 1 aliphatic rings. The van der Waals surface area contributed by atoms with Gasteiger partial charge in [-0.05, 0) is 66.6 Å². The Bertz CT molecular complexity index is 934. The van der Waals surface area contributed by atoms with Crippen molar-refractivity contribution in [2.45, 2.75) is 31.7 Å². The third kappa shape index (κ3) is 4.93. The highest BCUT2D eigenvalue weighted by Crippen LogP contribution is 2.26. The number of hydrogen-bond donors (Lipinski definition) is 2. The second kappa shape index (κ2) is 9.53. The molecule has 148 valence electrons. The summed E-state index contributed by atoms with van der Waals surface area (Å²) in [6, 6.07) is 27.2. The maximum atomic E-state index is 12.4. The first-order valence-corrected chi connectivity index (χ1v) is 10.6. The highest BCUT2D eigenvalue weighted by molar-refractivity contribution is 5.94. The van der Waals surface area contributed by atoms with Gasteiger partial charge in [-0.3, -0.25) is 4.79 Å². The van der Waals surface area contributed by atoms with Gasteiger partial charge in [0.25, 0.3) is 5.91 Å². The average Bonchev–Trinajstić information content (AvgIpc) is 2.79. The van der Waals surface area contributed by atoms with Crippen LogP contribution in [0.15, 0.2) is 78.9 Å². The number of carbonyl (C=O) groups is 1. The quantitative estimate of drug-likeness (QED) is 0.554. The number of amides is 1. The average molecular weight is 385 g/mol. The highest BCUT2D eigenvalue weighted by atomic mass is 16.1. The Morgan fingerprint density at radius 2 is 1.59 bits per heavy atom. The maximum Gasteiger partial charge on any atom is 0.251 e. The fourth-order valence-electron chi connectivity index (χ4n) is 4.07. The molecular weight excluding hydrogens is 356 g/mol. The lowest BCUT2D eigenvalue weighted by atomic mass is 9.91. The van der Waals surface area contributed by atoms with Crippen LogP contribution >= 0.6 is 0 Å². The number of carbonyl (C=O) groups excluding carboxylic acids is 1. The van der Waals surface area contributed by atoms with Crippen LogP contribution in [0, 0.1) is 0 Å². The molecule has 0 aliphatic carbocycles. The van der Waals surface area contributed by atoms with Crippen molar-refractivity contribution in [3.63, 3.8) is 0 Å². The Kier molecular flexibility index (Phi) is 6.38. The van der Waals surface area contributed by atoms with Crippen LogP contribution in [-0.4, -0.2) is 19.0 Å². The van der Waals surface area contributed by atoms with E-state index in [0.29, 0.717) is 18.2 Å². The molecule has 1 amide bonds. The molecule has 0 bridgehead atoms. The summed E-state index contributed by atoms with van der Waals surface area (Å²) in [5, 5.41) is 6.69. The minimum absolute atomic E-state index is 0.00532. The number of benzene rings is 3. The van der Waals surface area contributed by atoms with Gasteiger partial charge in [-0.25, -0.2) is 0 Å². The molecule has 0 aromatic heterocycles. The van der Waals surface area contributed by atoms with Gasteiger partial charge in [-0.2, -0.15) is 0 Å². The SMILES string of the molecule is O=C(NCCCCC1NCCc2ccccc21)c1ccc(-c2ccccc2)cc1. The minimum atomic E-state index is 0.00532. The molecule has 0 radical (unpaired) electrons. The summed E-state index contributed by atoms with van der Waals surface area (Å²) in [6.45, 7) is 1.77. The summed E-state index contributed by atoms with van der Waals surface area (Å²) >= 11 is 0. The molecule has 3 aromatic rings. The van der Waals surface area contributed by atoms with E-state index in [0.717, 1.165) is 43.4 Å². The molecule has 4 rings (SSSR count). The van der Waals surface area contributed by atoms with Gasteiger partial charge in [0.1, 0.15) is 0 Å². The number of fused-ring (bicyclic) bond motifs is 1. The molecule has 3 aromatic carbocycles. The van der Waals surface area contributed by atoms with E-state index >= 15 is 0 Å². The van der Waals surface area contributed by atoms with Crippen LogP contribution in [0.25, 0.3) is 11.1 Å². The lowest BCUT2D eigenvalue weighted by Gasteiger charge is -2.27. The first-order chi connectivity index (χ1) is 14.3. The van der Waals surface area contributed by atoms with Crippen LogP contribution in [0.4, 0.5) is 0 Å². The maximum absolute atomic E-state index is 12.4. The Morgan fingerprint density at radius 3 is 2.41 bits per heavy atom. The van der Waals surface area contributed by atoms with Crippen LogP contribution in [0.5, 0.6) is 0 Å². The first-order valence-electron chi connectivity index (χ1n) is 10.6. The van der Waals surface area contributed by atoms with Crippen molar-refractivity contribution in [1.82, 2.24) is 10.6 Å². The third-order valence-electron chi connectivity index (χ3n) is 5.67. The molecule has 1 heterocycles. The van der Waals surface area contributed by atoms with Crippen molar-refractivity contribution in [3.8, 4) is 11.1 Å². The van der Waals surface area contributed by atoms with Gasteiger partial charge < -0.3 is 10.6 Å². The second-order valence-corrected chi connectivity index (χ2v) is 7.65. The summed E-state index contributed by atoms with van der Waals surface area (Å²) in [6.07, 6.45) is 4.32. The van der Waals surface area contributed by atoms with Crippen molar-refractivity contribution >= 4 is 5.91 Å². The van der Waals surface area contributed by atoms with Crippen molar-refractivity contribution < 1.29 is 4.79 Å². The Morgan fingerprint density at radius 1 is 0.862 bits per heavy atom. The van der Waals surface area contributed by atoms with Crippen molar-refractivity contribution in [2.75, 3.05) is 13.1 Å². The van der Waals surface area contributed by atoms with Crippen molar-refractivity contribution in [1.29, 1.82) is 0 Å². The van der Waals surface area contributed by atoms with Crippen molar-refractivity contribution in [2.24, 2.45) is 0 Å². The largest absolute Gasteiger partial charge is 0.352 e. The van der Waals surface area contributed by atoms with E-state index < -0.39 is 0 Å². The number of hydrogen-bond acceptors (Lipinski definition) is 2. The summed E-state index contributed by atoms with van der Waals surface area (Å²) < 4.78 is 0. The van der Waals surface area contributed by atoms with E-state index in [-0.39, 0.29) is 5.91 Å². The lowest BCUT2D eigenvalue weighted by Crippen LogP contribution is -2.30. The number of unbranched alkanes of at least 4 members (excludes halogenated alkanes) is 1. The van der Waals surface area contributed by atoms with Gasteiger partial charge in [0.2, 0.25) is 0 Å². The Hall–Kier alpha value is -2.91. The van der Waals surface area contributed by atoms with Crippen LogP contribution in [0.3, 0.4) is 0 Å². The molecule has 2 N–H and O–H groups in total. The summed E-state index contributed by atoms with van der Waals surface area (Å²) in [7, 11) is 0. The molecule has 0 saturated heterocycles. The summed E-state index contributed by atoms with van der Waals surface area (Å²) in [4.78, 5) is 12.4. The van der Waals surface area contributed by atoms with Crippen molar-refractivity contribution in [3.05, 3.63) is 95.6 Å². The van der Waals surface area contributed by atoms with E-state index in [1.165, 1.54) is 11.1 Å². The molecule has 0 spiro atoms. The van der Waals surface area contributed by atoms with E-state index in [2.05, 4.69) is 47.0 Å². The molecular formula is C26H28N2O. The van der Waals surface area contributed by atoms with Gasteiger partial charge in [0, 0.05) is 18.2 Å². The highest BCUT2D eigenvalue weighted by Gasteiger charge is 2.18. The van der Waals surface area contributed by atoms with Gasteiger partial charge in [-0.1, -0.05) is 66.7 Å². The minimum Gasteiger partial charge on any atom is -0.352 e. The smallest absolute Gasteiger partial charge is 0.251 e. The first kappa shape index (κ1) is 19.4. The third-order valence-corrected chi connectivity index (χ3v) is 5.67.